The lowest BCUT2D eigenvalue weighted by molar-refractivity contribution is -0.669. The van der Waals surface area contributed by atoms with Crippen molar-refractivity contribution in [1.29, 1.82) is 0 Å². The summed E-state index contributed by atoms with van der Waals surface area (Å²) < 4.78 is 2.17. The highest BCUT2D eigenvalue weighted by Gasteiger charge is 2.10. The van der Waals surface area contributed by atoms with Crippen LogP contribution in [0.3, 0.4) is 0 Å². The molecule has 0 N–H and O–H groups in total. The molecule has 2 heterocycles. The van der Waals surface area contributed by atoms with Gasteiger partial charge in [0.25, 0.3) is 0 Å². The minimum Gasteiger partial charge on any atom is -0.231 e. The van der Waals surface area contributed by atoms with Crippen LogP contribution in [0.25, 0.3) is 21.9 Å². The van der Waals surface area contributed by atoms with Gasteiger partial charge in [-0.15, -0.1) is 0 Å². The van der Waals surface area contributed by atoms with Crippen molar-refractivity contribution in [3.63, 3.8) is 0 Å². The number of aryl methyl sites for hydroxylation is 1. The zero-order chi connectivity index (χ0) is 11.0. The Kier molecular flexibility index (Phi) is 2.07. The Morgan fingerprint density at radius 2 is 1.88 bits per heavy atom. The van der Waals surface area contributed by atoms with Crippen molar-refractivity contribution in [2.45, 2.75) is 13.5 Å². The van der Waals surface area contributed by atoms with Crippen LogP contribution in [-0.2, 0) is 6.54 Å². The molecule has 3 aromatic rings. The van der Waals surface area contributed by atoms with Gasteiger partial charge in [0.1, 0.15) is 0 Å². The highest BCUT2D eigenvalue weighted by molar-refractivity contribution is 5.89. The second-order valence-corrected chi connectivity index (χ2v) is 3.89. The summed E-state index contributed by atoms with van der Waals surface area (Å²) in [6, 6.07) is 14.6. The summed E-state index contributed by atoms with van der Waals surface area (Å²) in [6.07, 6.45) is 2.07. The molecule has 0 saturated carbocycles. The van der Waals surface area contributed by atoms with Crippen molar-refractivity contribution in [1.82, 2.24) is 4.98 Å². The molecular formula is C14H13N2+. The monoisotopic (exact) mass is 209 g/mol. The predicted molar refractivity (Wildman–Crippen MR) is 65.1 cm³/mol. The molecule has 2 aromatic heterocycles. The van der Waals surface area contributed by atoms with Gasteiger partial charge in [0.05, 0.1) is 18.1 Å². The number of aromatic nitrogens is 2. The van der Waals surface area contributed by atoms with Gasteiger partial charge in [-0.05, 0) is 36.2 Å². The molecule has 0 bridgehead atoms. The first-order chi connectivity index (χ1) is 7.88. The molecule has 0 spiro atoms. The first kappa shape index (κ1) is 9.28. The van der Waals surface area contributed by atoms with E-state index in [0.717, 1.165) is 17.7 Å². The number of nitrogens with zero attached hydrogens (tertiary/aromatic N) is 2. The molecule has 0 aliphatic rings. The summed E-state index contributed by atoms with van der Waals surface area (Å²) >= 11 is 0. The van der Waals surface area contributed by atoms with E-state index in [0.29, 0.717) is 0 Å². The first-order valence-electron chi connectivity index (χ1n) is 5.56. The molecule has 2 nitrogen and oxygen atoms in total. The van der Waals surface area contributed by atoms with Gasteiger partial charge < -0.3 is 0 Å². The highest BCUT2D eigenvalue weighted by atomic mass is 15.0. The van der Waals surface area contributed by atoms with Gasteiger partial charge in [0, 0.05) is 5.39 Å². The standard InChI is InChI=1S/C14H13N2/c1-2-16-9-5-7-12-10-11-6-3-4-8-13(11)15-14(12)16/h3-10H,2H2,1H3/q+1. The second kappa shape index (κ2) is 3.56. The van der Waals surface area contributed by atoms with E-state index >= 15 is 0 Å². The van der Waals surface area contributed by atoms with Crippen molar-refractivity contribution in [2.75, 3.05) is 0 Å². The number of hydrogen-bond acceptors (Lipinski definition) is 1. The van der Waals surface area contributed by atoms with Crippen molar-refractivity contribution in [3.8, 4) is 0 Å². The van der Waals surface area contributed by atoms with Crippen LogP contribution in [0.1, 0.15) is 6.92 Å². The van der Waals surface area contributed by atoms with Crippen molar-refractivity contribution >= 4 is 21.9 Å². The van der Waals surface area contributed by atoms with Crippen LogP contribution >= 0.6 is 0 Å². The van der Waals surface area contributed by atoms with E-state index in [-0.39, 0.29) is 0 Å². The molecule has 0 unspecified atom stereocenters. The Morgan fingerprint density at radius 1 is 1.06 bits per heavy atom. The molecule has 0 radical (unpaired) electrons. The maximum Gasteiger partial charge on any atom is 0.330 e. The van der Waals surface area contributed by atoms with Gasteiger partial charge in [-0.25, -0.2) is 4.57 Å². The van der Waals surface area contributed by atoms with E-state index in [9.17, 15) is 0 Å². The molecule has 0 aliphatic carbocycles. The maximum atomic E-state index is 4.71. The van der Waals surface area contributed by atoms with Gasteiger partial charge in [-0.1, -0.05) is 18.2 Å². The molecule has 2 heteroatoms. The van der Waals surface area contributed by atoms with Crippen LogP contribution in [0.5, 0.6) is 0 Å². The number of fused-ring (bicyclic) bond motifs is 2. The third-order valence-electron chi connectivity index (χ3n) is 2.89. The number of pyridine rings is 2. The lowest BCUT2D eigenvalue weighted by Gasteiger charge is -1.99. The zero-order valence-corrected chi connectivity index (χ0v) is 9.22. The Hall–Kier alpha value is -1.96. The summed E-state index contributed by atoms with van der Waals surface area (Å²) in [5, 5.41) is 2.40. The van der Waals surface area contributed by atoms with Crippen molar-refractivity contribution in [3.05, 3.63) is 48.7 Å². The lowest BCUT2D eigenvalue weighted by atomic mass is 10.2. The smallest absolute Gasteiger partial charge is 0.231 e. The van der Waals surface area contributed by atoms with Crippen molar-refractivity contribution < 1.29 is 4.57 Å². The fourth-order valence-corrected chi connectivity index (χ4v) is 2.05. The molecular weight excluding hydrogens is 196 g/mol. The van der Waals surface area contributed by atoms with E-state index in [2.05, 4.69) is 48.0 Å². The third kappa shape index (κ3) is 1.34. The molecule has 1 aromatic carbocycles. The summed E-state index contributed by atoms with van der Waals surface area (Å²) in [5.74, 6) is 0. The number of benzene rings is 1. The minimum absolute atomic E-state index is 0.947. The Labute approximate surface area is 94.2 Å². The molecule has 0 atom stereocenters. The third-order valence-corrected chi connectivity index (χ3v) is 2.89. The molecule has 3 rings (SSSR count). The normalized spacial score (nSPS) is 11.1. The average Bonchev–Trinajstić information content (AvgIpc) is 2.35. The van der Waals surface area contributed by atoms with E-state index in [1.54, 1.807) is 0 Å². The molecule has 0 saturated heterocycles. The van der Waals surface area contributed by atoms with Crippen LogP contribution in [0, 0.1) is 0 Å². The Balaban J connectivity index is 2.46. The largest absolute Gasteiger partial charge is 0.330 e. The molecule has 78 valence electrons. The van der Waals surface area contributed by atoms with E-state index in [1.807, 2.05) is 12.1 Å². The maximum absolute atomic E-state index is 4.71. The van der Waals surface area contributed by atoms with Crippen molar-refractivity contribution in [2.24, 2.45) is 0 Å². The summed E-state index contributed by atoms with van der Waals surface area (Å²) in [7, 11) is 0. The van der Waals surface area contributed by atoms with Crippen LogP contribution in [0.4, 0.5) is 0 Å². The highest BCUT2D eigenvalue weighted by Crippen LogP contribution is 2.16. The summed E-state index contributed by atoms with van der Waals surface area (Å²) in [6.45, 7) is 3.08. The summed E-state index contributed by atoms with van der Waals surface area (Å²) in [4.78, 5) is 4.71. The van der Waals surface area contributed by atoms with Gasteiger partial charge in [-0.2, -0.15) is 0 Å². The second-order valence-electron chi connectivity index (χ2n) is 3.89. The molecule has 0 aliphatic heterocycles. The van der Waals surface area contributed by atoms with Gasteiger partial charge in [0.15, 0.2) is 5.52 Å². The van der Waals surface area contributed by atoms with Crippen LogP contribution < -0.4 is 4.57 Å². The minimum atomic E-state index is 0.947. The lowest BCUT2D eigenvalue weighted by Crippen LogP contribution is -2.33. The van der Waals surface area contributed by atoms with Crippen LogP contribution in [0.2, 0.25) is 0 Å². The summed E-state index contributed by atoms with van der Waals surface area (Å²) in [5.41, 5.74) is 2.12. The van der Waals surface area contributed by atoms with Gasteiger partial charge in [0.2, 0.25) is 0 Å². The first-order valence-corrected chi connectivity index (χ1v) is 5.56. The van der Waals surface area contributed by atoms with Crippen LogP contribution in [-0.4, -0.2) is 4.98 Å². The van der Waals surface area contributed by atoms with E-state index in [1.165, 1.54) is 10.8 Å². The quantitative estimate of drug-likeness (QED) is 0.445. The van der Waals surface area contributed by atoms with Crippen LogP contribution in [0.15, 0.2) is 48.7 Å². The number of para-hydroxylation sites is 1. The van der Waals surface area contributed by atoms with E-state index < -0.39 is 0 Å². The predicted octanol–water partition coefficient (Wildman–Crippen LogP) is 2.70. The SMILES string of the molecule is CC[n+]1cccc2cc3ccccc3nc21. The van der Waals surface area contributed by atoms with Gasteiger partial charge in [-0.3, -0.25) is 0 Å². The molecule has 16 heavy (non-hydrogen) atoms. The zero-order valence-electron chi connectivity index (χ0n) is 9.22. The van der Waals surface area contributed by atoms with Gasteiger partial charge >= 0.3 is 5.65 Å². The fourth-order valence-electron chi connectivity index (χ4n) is 2.05. The number of rotatable bonds is 1. The average molecular weight is 209 g/mol. The Bertz CT molecular complexity index is 659. The topological polar surface area (TPSA) is 16.8 Å². The molecule has 0 amide bonds. The molecule has 0 fully saturated rings. The number of hydrogen-bond donors (Lipinski definition) is 0. The van der Waals surface area contributed by atoms with E-state index in [4.69, 9.17) is 4.98 Å². The Morgan fingerprint density at radius 3 is 2.75 bits per heavy atom. The fraction of sp³-hybridized carbons (Fsp3) is 0.143.